The van der Waals surface area contributed by atoms with Crippen LogP contribution in [0, 0.1) is 0 Å². The van der Waals surface area contributed by atoms with Gasteiger partial charge in [0.15, 0.2) is 0 Å². The first-order valence-electron chi connectivity index (χ1n) is 15.4. The molecule has 1 N–H and O–H groups in total. The van der Waals surface area contributed by atoms with Gasteiger partial charge in [-0.2, -0.15) is 18.2 Å². The Morgan fingerprint density at radius 2 is 1.78 bits per heavy atom. The van der Waals surface area contributed by atoms with Gasteiger partial charge in [0, 0.05) is 12.1 Å². The van der Waals surface area contributed by atoms with E-state index in [0.29, 0.717) is 25.8 Å². The van der Waals surface area contributed by atoms with E-state index in [-0.39, 0.29) is 35.6 Å². The maximum atomic E-state index is 14.0. The summed E-state index contributed by atoms with van der Waals surface area (Å²) >= 11 is 0. The number of hydrogen-bond acceptors (Lipinski definition) is 8. The van der Waals surface area contributed by atoms with Gasteiger partial charge >= 0.3 is 18.4 Å². The van der Waals surface area contributed by atoms with Crippen molar-refractivity contribution in [2.24, 2.45) is 4.99 Å². The summed E-state index contributed by atoms with van der Waals surface area (Å²) in [6.07, 6.45) is 2.02. The monoisotopic (exact) mass is 651 g/mol. The SMILES string of the molecule is CCCC/C=C\CCOc1ccc(-c2noc(C3CCCN3C(=NC(=O)OC(C)(C)C)NC(=O)OC(C)(C)C)n2)cc1C(F)(F)F. The van der Waals surface area contributed by atoms with Crippen LogP contribution in [0.2, 0.25) is 0 Å². The minimum absolute atomic E-state index is 0.0662. The van der Waals surface area contributed by atoms with Gasteiger partial charge in [-0.1, -0.05) is 37.1 Å². The number of likely N-dealkylation sites (tertiary alicyclic amines) is 1. The molecule has 2 heterocycles. The van der Waals surface area contributed by atoms with Crippen LogP contribution >= 0.6 is 0 Å². The van der Waals surface area contributed by atoms with E-state index in [4.69, 9.17) is 18.7 Å². The number of benzene rings is 1. The normalized spacial score (nSPS) is 16.2. The number of ether oxygens (including phenoxy) is 3. The number of amides is 2. The zero-order valence-electron chi connectivity index (χ0n) is 27.5. The molecule has 46 heavy (non-hydrogen) atoms. The number of allylic oxidation sites excluding steroid dienone is 1. The maximum absolute atomic E-state index is 14.0. The van der Waals surface area contributed by atoms with Crippen molar-refractivity contribution in [1.29, 1.82) is 0 Å². The summed E-state index contributed by atoms with van der Waals surface area (Å²) in [6, 6.07) is 2.95. The van der Waals surface area contributed by atoms with Gasteiger partial charge in [-0.15, -0.1) is 4.99 Å². The molecule has 2 aromatic rings. The van der Waals surface area contributed by atoms with Gasteiger partial charge in [-0.05, 0) is 85.4 Å². The van der Waals surface area contributed by atoms with Crippen molar-refractivity contribution in [2.45, 2.75) is 110 Å². The van der Waals surface area contributed by atoms with Gasteiger partial charge in [-0.3, -0.25) is 5.32 Å². The van der Waals surface area contributed by atoms with Crippen molar-refractivity contribution in [3.8, 4) is 17.1 Å². The molecule has 1 aliphatic heterocycles. The van der Waals surface area contributed by atoms with Crippen LogP contribution in [0.3, 0.4) is 0 Å². The molecule has 2 amide bonds. The minimum Gasteiger partial charge on any atom is -0.493 e. The number of hydrogen-bond donors (Lipinski definition) is 1. The zero-order chi connectivity index (χ0) is 34.1. The van der Waals surface area contributed by atoms with Crippen LogP contribution in [0.15, 0.2) is 39.9 Å². The molecular weight excluding hydrogens is 607 g/mol. The topological polar surface area (TPSA) is 128 Å². The number of unbranched alkanes of at least 4 members (excludes halogenated alkanes) is 2. The van der Waals surface area contributed by atoms with Crippen molar-refractivity contribution < 1.29 is 41.5 Å². The van der Waals surface area contributed by atoms with E-state index in [1.807, 2.05) is 12.2 Å². The quantitative estimate of drug-likeness (QED) is 0.123. The predicted octanol–water partition coefficient (Wildman–Crippen LogP) is 8.22. The number of aliphatic imine (C=N–C) groups is 1. The number of nitrogens with zero attached hydrogens (tertiary/aromatic N) is 4. The van der Waals surface area contributed by atoms with Crippen molar-refractivity contribution in [2.75, 3.05) is 13.2 Å². The summed E-state index contributed by atoms with van der Waals surface area (Å²) in [5.74, 6) is -0.436. The lowest BCUT2D eigenvalue weighted by molar-refractivity contribution is -0.138. The molecule has 1 saturated heterocycles. The maximum Gasteiger partial charge on any atom is 0.437 e. The molecule has 0 bridgehead atoms. The summed E-state index contributed by atoms with van der Waals surface area (Å²) in [4.78, 5) is 35.2. The van der Waals surface area contributed by atoms with Gasteiger partial charge in [0.05, 0.1) is 12.2 Å². The highest BCUT2D eigenvalue weighted by Crippen LogP contribution is 2.39. The molecule has 0 radical (unpaired) electrons. The van der Waals surface area contributed by atoms with Gasteiger partial charge in [0.25, 0.3) is 0 Å². The number of rotatable bonds is 9. The molecule has 1 atom stereocenters. The summed E-state index contributed by atoms with van der Waals surface area (Å²) in [5, 5.41) is 6.45. The van der Waals surface area contributed by atoms with Crippen LogP contribution in [0.5, 0.6) is 5.75 Å². The average molecular weight is 652 g/mol. The van der Waals surface area contributed by atoms with E-state index in [2.05, 4.69) is 27.4 Å². The predicted molar refractivity (Wildman–Crippen MR) is 165 cm³/mol. The molecule has 1 aromatic heterocycles. The largest absolute Gasteiger partial charge is 0.493 e. The van der Waals surface area contributed by atoms with E-state index >= 15 is 0 Å². The molecule has 254 valence electrons. The number of carbonyl (C=O) groups excluding carboxylic acids is 2. The number of guanidine groups is 1. The molecular formula is C32H44F3N5O6. The number of carbonyl (C=O) groups is 2. The molecule has 1 fully saturated rings. The first-order valence-corrected chi connectivity index (χ1v) is 15.4. The number of halogens is 3. The van der Waals surface area contributed by atoms with Crippen molar-refractivity contribution in [3.05, 3.63) is 41.8 Å². The molecule has 11 nitrogen and oxygen atoms in total. The fourth-order valence-electron chi connectivity index (χ4n) is 4.51. The zero-order valence-corrected chi connectivity index (χ0v) is 27.5. The van der Waals surface area contributed by atoms with E-state index < -0.39 is 41.2 Å². The van der Waals surface area contributed by atoms with Crippen LogP contribution in [-0.4, -0.2) is 57.5 Å². The van der Waals surface area contributed by atoms with E-state index in [1.54, 1.807) is 46.4 Å². The Morgan fingerprint density at radius 3 is 2.43 bits per heavy atom. The summed E-state index contributed by atoms with van der Waals surface area (Å²) < 4.78 is 63.6. The van der Waals surface area contributed by atoms with E-state index in [9.17, 15) is 22.8 Å². The molecule has 1 aromatic carbocycles. The standard InChI is InChI=1S/C32H44F3N5O6/c1-8-9-10-11-12-13-19-43-24-17-16-21(20-22(24)32(33,34)35)25-36-26(46-39-25)23-15-14-18-40(23)27(37-28(41)44-30(2,3)4)38-29(42)45-31(5,6)7/h11-12,16-17,20,23H,8-10,13-15,18-19H2,1-7H3,(H,37,38,41,42)/b12-11-. The molecule has 1 aliphatic rings. The van der Waals surface area contributed by atoms with Crippen LogP contribution in [0.25, 0.3) is 11.4 Å². The Labute approximate surface area is 267 Å². The lowest BCUT2D eigenvalue weighted by atomic mass is 10.1. The van der Waals surface area contributed by atoms with Crippen molar-refractivity contribution >= 4 is 18.1 Å². The summed E-state index contributed by atoms with van der Waals surface area (Å²) in [7, 11) is 0. The number of alkyl halides is 3. The second-order valence-corrected chi connectivity index (χ2v) is 12.8. The highest BCUT2D eigenvalue weighted by molar-refractivity contribution is 5.99. The molecule has 14 heteroatoms. The first kappa shape index (κ1) is 36.4. The van der Waals surface area contributed by atoms with Crippen LogP contribution in [-0.2, 0) is 15.7 Å². The highest BCUT2D eigenvalue weighted by Gasteiger charge is 2.37. The summed E-state index contributed by atoms with van der Waals surface area (Å²) in [5.41, 5.74) is -2.55. The average Bonchev–Trinajstić information content (AvgIpc) is 3.60. The first-order chi connectivity index (χ1) is 21.5. The van der Waals surface area contributed by atoms with Crippen molar-refractivity contribution in [3.63, 3.8) is 0 Å². The Balaban J connectivity index is 1.85. The van der Waals surface area contributed by atoms with Crippen molar-refractivity contribution in [1.82, 2.24) is 20.4 Å². The molecule has 0 spiro atoms. The van der Waals surface area contributed by atoms with Gasteiger partial charge in [-0.25, -0.2) is 9.59 Å². The highest BCUT2D eigenvalue weighted by atomic mass is 19.4. The van der Waals surface area contributed by atoms with Crippen LogP contribution in [0.1, 0.15) is 104 Å². The second kappa shape index (κ2) is 15.5. The Kier molecular flexibility index (Phi) is 12.2. The molecule has 0 saturated carbocycles. The Bertz CT molecular complexity index is 1390. The molecule has 0 aliphatic carbocycles. The Morgan fingerprint density at radius 1 is 1.09 bits per heavy atom. The number of nitrogens with one attached hydrogen (secondary N) is 1. The Hall–Kier alpha value is -4.10. The van der Waals surface area contributed by atoms with Gasteiger partial charge in [0.1, 0.15) is 23.0 Å². The fourth-order valence-corrected chi connectivity index (χ4v) is 4.51. The van der Waals surface area contributed by atoms with Crippen LogP contribution < -0.4 is 10.1 Å². The minimum atomic E-state index is -4.68. The van der Waals surface area contributed by atoms with Crippen LogP contribution in [0.4, 0.5) is 22.8 Å². The molecule has 1 unspecified atom stereocenters. The second-order valence-electron chi connectivity index (χ2n) is 12.8. The molecule has 3 rings (SSSR count). The van der Waals surface area contributed by atoms with E-state index in [1.165, 1.54) is 12.1 Å². The number of aromatic nitrogens is 2. The number of alkyl carbamates (subject to hydrolysis) is 1. The lowest BCUT2D eigenvalue weighted by Crippen LogP contribution is -2.46. The third kappa shape index (κ3) is 11.4. The third-order valence-electron chi connectivity index (χ3n) is 6.43. The smallest absolute Gasteiger partial charge is 0.437 e. The fraction of sp³-hybridized carbons (Fsp3) is 0.594. The third-order valence-corrected chi connectivity index (χ3v) is 6.43. The lowest BCUT2D eigenvalue weighted by Gasteiger charge is -2.27. The summed E-state index contributed by atoms with van der Waals surface area (Å²) in [6.45, 7) is 12.6. The van der Waals surface area contributed by atoms with Gasteiger partial charge in [0.2, 0.25) is 17.7 Å². The van der Waals surface area contributed by atoms with E-state index in [0.717, 1.165) is 25.3 Å². The van der Waals surface area contributed by atoms with Gasteiger partial charge < -0.3 is 23.6 Å².